The molecule has 0 aromatic heterocycles. The number of thioether (sulfide) groups is 1. The molecule has 9 heteroatoms. The van der Waals surface area contributed by atoms with Crippen LogP contribution in [0, 0.1) is 5.82 Å². The van der Waals surface area contributed by atoms with Gasteiger partial charge in [0.2, 0.25) is 15.9 Å². The molecule has 6 nitrogen and oxygen atoms in total. The second-order valence-electron chi connectivity index (χ2n) is 6.26. The van der Waals surface area contributed by atoms with Gasteiger partial charge in [-0.15, -0.1) is 11.8 Å². The van der Waals surface area contributed by atoms with Crippen molar-refractivity contribution in [2.75, 3.05) is 30.8 Å². The summed E-state index contributed by atoms with van der Waals surface area (Å²) in [7, 11) is -3.67. The van der Waals surface area contributed by atoms with Crippen LogP contribution in [-0.4, -0.2) is 44.1 Å². The van der Waals surface area contributed by atoms with Gasteiger partial charge in [0.15, 0.2) is 0 Å². The summed E-state index contributed by atoms with van der Waals surface area (Å²) in [4.78, 5) is 13.0. The van der Waals surface area contributed by atoms with E-state index >= 15 is 0 Å². The number of nitrogens with one attached hydrogen (secondary N) is 1. The van der Waals surface area contributed by atoms with Crippen molar-refractivity contribution in [2.24, 2.45) is 0 Å². The Morgan fingerprint density at radius 1 is 1.13 bits per heavy atom. The molecule has 0 aliphatic heterocycles. The first kappa shape index (κ1) is 24.2. The van der Waals surface area contributed by atoms with E-state index in [1.165, 1.54) is 34.3 Å². The number of amides is 1. The Morgan fingerprint density at radius 3 is 2.47 bits per heavy atom. The number of ether oxygens (including phenoxy) is 1. The topological polar surface area (TPSA) is 75.7 Å². The van der Waals surface area contributed by atoms with E-state index in [-0.39, 0.29) is 23.0 Å². The highest BCUT2D eigenvalue weighted by Crippen LogP contribution is 2.30. The number of carbonyl (C=O) groups is 1. The third-order valence-corrected chi connectivity index (χ3v) is 7.39. The van der Waals surface area contributed by atoms with E-state index < -0.39 is 10.0 Å². The van der Waals surface area contributed by atoms with Gasteiger partial charge in [-0.1, -0.05) is 26.0 Å². The zero-order valence-corrected chi connectivity index (χ0v) is 19.0. The highest BCUT2D eigenvalue weighted by Gasteiger charge is 2.23. The molecule has 0 radical (unpaired) electrons. The zero-order chi connectivity index (χ0) is 22.1. The number of rotatable bonds is 11. The van der Waals surface area contributed by atoms with Gasteiger partial charge >= 0.3 is 0 Å². The summed E-state index contributed by atoms with van der Waals surface area (Å²) in [5.74, 6) is 0.146. The van der Waals surface area contributed by atoms with Gasteiger partial charge in [0.1, 0.15) is 11.6 Å². The van der Waals surface area contributed by atoms with Gasteiger partial charge in [-0.2, -0.15) is 4.31 Å². The van der Waals surface area contributed by atoms with Gasteiger partial charge in [-0.05, 0) is 37.3 Å². The number of carbonyl (C=O) groups excluding carboxylic acids is 1. The number of sulfonamides is 1. The molecule has 1 amide bonds. The van der Waals surface area contributed by atoms with E-state index in [2.05, 4.69) is 5.32 Å². The smallest absolute Gasteiger partial charge is 0.243 e. The fourth-order valence-electron chi connectivity index (χ4n) is 2.79. The van der Waals surface area contributed by atoms with Crippen molar-refractivity contribution in [1.82, 2.24) is 4.31 Å². The molecule has 2 aromatic rings. The standard InChI is InChI=1S/C21H27FN2O4S2/c1-4-24(5-2)30(26,27)16-11-12-19(28-6-3)18(15-16)23-21(25)13-14-29-20-10-8-7-9-17(20)22/h7-12,15H,4-6,13-14H2,1-3H3,(H,23,25). The summed E-state index contributed by atoms with van der Waals surface area (Å²) in [6.07, 6.45) is 0.136. The summed E-state index contributed by atoms with van der Waals surface area (Å²) < 4.78 is 46.1. The van der Waals surface area contributed by atoms with Crippen molar-refractivity contribution in [1.29, 1.82) is 0 Å². The first-order valence-electron chi connectivity index (χ1n) is 9.77. The van der Waals surface area contributed by atoms with Gasteiger partial charge in [-0.3, -0.25) is 4.79 Å². The molecule has 164 valence electrons. The van der Waals surface area contributed by atoms with E-state index in [1.807, 2.05) is 0 Å². The predicted molar refractivity (Wildman–Crippen MR) is 118 cm³/mol. The third kappa shape index (κ3) is 6.20. The number of hydrogen-bond donors (Lipinski definition) is 1. The van der Waals surface area contributed by atoms with Crippen molar-refractivity contribution < 1.29 is 22.3 Å². The fourth-order valence-corrected chi connectivity index (χ4v) is 5.16. The lowest BCUT2D eigenvalue weighted by atomic mass is 10.3. The first-order valence-corrected chi connectivity index (χ1v) is 12.2. The van der Waals surface area contributed by atoms with Gasteiger partial charge in [0.05, 0.1) is 17.2 Å². The van der Waals surface area contributed by atoms with E-state index in [1.54, 1.807) is 45.0 Å². The van der Waals surface area contributed by atoms with Crippen molar-refractivity contribution in [2.45, 2.75) is 37.0 Å². The van der Waals surface area contributed by atoms with Gasteiger partial charge < -0.3 is 10.1 Å². The summed E-state index contributed by atoms with van der Waals surface area (Å²) in [6.45, 7) is 6.41. The van der Waals surface area contributed by atoms with Crippen LogP contribution in [0.4, 0.5) is 10.1 Å². The van der Waals surface area contributed by atoms with Crippen molar-refractivity contribution >= 4 is 33.4 Å². The SMILES string of the molecule is CCOc1ccc(S(=O)(=O)N(CC)CC)cc1NC(=O)CCSc1ccccc1F. The Bertz CT molecular complexity index is 963. The second kappa shape index (κ2) is 11.3. The normalized spacial score (nSPS) is 11.5. The van der Waals surface area contributed by atoms with E-state index in [0.29, 0.717) is 41.8 Å². The molecule has 0 fully saturated rings. The van der Waals surface area contributed by atoms with Crippen molar-refractivity contribution in [3.8, 4) is 5.75 Å². The number of anilines is 1. The molecule has 0 bridgehead atoms. The summed E-state index contributed by atoms with van der Waals surface area (Å²) in [5, 5.41) is 2.73. The van der Waals surface area contributed by atoms with Gasteiger partial charge in [0.25, 0.3) is 0 Å². The number of halogens is 1. The van der Waals surface area contributed by atoms with Gasteiger partial charge in [0, 0.05) is 30.2 Å². The van der Waals surface area contributed by atoms with E-state index in [0.717, 1.165) is 0 Å². The minimum Gasteiger partial charge on any atom is -0.492 e. The Kier molecular flexibility index (Phi) is 9.13. The molecule has 0 saturated heterocycles. The summed E-state index contributed by atoms with van der Waals surface area (Å²) >= 11 is 1.25. The molecule has 2 aromatic carbocycles. The van der Waals surface area contributed by atoms with Crippen LogP contribution in [0.3, 0.4) is 0 Å². The lowest BCUT2D eigenvalue weighted by Gasteiger charge is -2.20. The molecule has 0 aliphatic carbocycles. The number of benzene rings is 2. The largest absolute Gasteiger partial charge is 0.492 e. The minimum absolute atomic E-state index is 0.0886. The highest BCUT2D eigenvalue weighted by atomic mass is 32.2. The molecule has 0 atom stereocenters. The van der Waals surface area contributed by atoms with Crippen LogP contribution in [0.25, 0.3) is 0 Å². The Labute approximate surface area is 181 Å². The number of hydrogen-bond acceptors (Lipinski definition) is 5. The molecule has 1 N–H and O–H groups in total. The van der Waals surface area contributed by atoms with Crippen LogP contribution in [0.1, 0.15) is 27.2 Å². The van der Waals surface area contributed by atoms with Crippen molar-refractivity contribution in [3.05, 3.63) is 48.3 Å². The maximum absolute atomic E-state index is 13.7. The lowest BCUT2D eigenvalue weighted by Crippen LogP contribution is -2.30. The van der Waals surface area contributed by atoms with Crippen LogP contribution >= 0.6 is 11.8 Å². The van der Waals surface area contributed by atoms with Crippen LogP contribution in [0.2, 0.25) is 0 Å². The molecule has 0 saturated carbocycles. The maximum Gasteiger partial charge on any atom is 0.243 e. The molecule has 0 aliphatic rings. The average molecular weight is 455 g/mol. The summed E-state index contributed by atoms with van der Waals surface area (Å²) in [6, 6.07) is 10.8. The Balaban J connectivity index is 2.14. The Morgan fingerprint density at radius 2 is 1.83 bits per heavy atom. The number of nitrogens with zero attached hydrogens (tertiary/aromatic N) is 1. The quantitative estimate of drug-likeness (QED) is 0.510. The molecular weight excluding hydrogens is 427 g/mol. The molecule has 0 spiro atoms. The maximum atomic E-state index is 13.7. The van der Waals surface area contributed by atoms with Crippen LogP contribution in [-0.2, 0) is 14.8 Å². The molecule has 0 heterocycles. The predicted octanol–water partition coefficient (Wildman–Crippen LogP) is 4.38. The molecule has 0 unspecified atom stereocenters. The highest BCUT2D eigenvalue weighted by molar-refractivity contribution is 7.99. The third-order valence-electron chi connectivity index (χ3n) is 4.29. The first-order chi connectivity index (χ1) is 14.3. The molecular formula is C21H27FN2O4S2. The minimum atomic E-state index is -3.67. The molecule has 30 heavy (non-hydrogen) atoms. The summed E-state index contributed by atoms with van der Waals surface area (Å²) in [5.41, 5.74) is 0.297. The average Bonchev–Trinajstić information content (AvgIpc) is 2.71. The van der Waals surface area contributed by atoms with Crippen LogP contribution in [0.15, 0.2) is 52.3 Å². The monoisotopic (exact) mass is 454 g/mol. The van der Waals surface area contributed by atoms with Gasteiger partial charge in [-0.25, -0.2) is 12.8 Å². The van der Waals surface area contributed by atoms with Crippen molar-refractivity contribution in [3.63, 3.8) is 0 Å². The lowest BCUT2D eigenvalue weighted by molar-refractivity contribution is -0.115. The van der Waals surface area contributed by atoms with E-state index in [9.17, 15) is 17.6 Å². The fraction of sp³-hybridized carbons (Fsp3) is 0.381. The second-order valence-corrected chi connectivity index (χ2v) is 9.33. The van der Waals surface area contributed by atoms with Crippen LogP contribution < -0.4 is 10.1 Å². The van der Waals surface area contributed by atoms with Crippen LogP contribution in [0.5, 0.6) is 5.75 Å². The molecule has 2 rings (SSSR count). The van der Waals surface area contributed by atoms with E-state index in [4.69, 9.17) is 4.74 Å². The Hall–Kier alpha value is -2.10. The zero-order valence-electron chi connectivity index (χ0n) is 17.4.